The summed E-state index contributed by atoms with van der Waals surface area (Å²) in [5.41, 5.74) is 2.44. The third-order valence-electron chi connectivity index (χ3n) is 5.40. The number of phenols is 1. The summed E-state index contributed by atoms with van der Waals surface area (Å²) in [6.07, 6.45) is 5.34. The Hall–Kier alpha value is -2.78. The number of benzene rings is 1. The van der Waals surface area contributed by atoms with Crippen molar-refractivity contribution in [2.75, 3.05) is 13.1 Å². The van der Waals surface area contributed by atoms with Crippen molar-refractivity contribution in [2.24, 2.45) is 7.05 Å². The van der Waals surface area contributed by atoms with E-state index < -0.39 is 0 Å². The highest BCUT2D eigenvalue weighted by Crippen LogP contribution is 2.39. The molecule has 144 valence electrons. The van der Waals surface area contributed by atoms with Crippen LogP contribution in [0.4, 0.5) is 0 Å². The van der Waals surface area contributed by atoms with Gasteiger partial charge in [0.2, 0.25) is 0 Å². The summed E-state index contributed by atoms with van der Waals surface area (Å²) in [6, 6.07) is 2.03. The lowest BCUT2D eigenvalue weighted by Gasteiger charge is -2.24. The minimum Gasteiger partial charge on any atom is -0.507 e. The van der Waals surface area contributed by atoms with E-state index in [9.17, 15) is 9.90 Å². The zero-order chi connectivity index (χ0) is 19.4. The SMILES string of the molecule is Cc1c(O)c(-c2nc3ncn(C4CCNCC4)c(=O)c3s2)cc2cn(C)nc12. The fourth-order valence-corrected chi connectivity index (χ4v) is 4.86. The van der Waals surface area contributed by atoms with Gasteiger partial charge in [-0.05, 0) is 38.9 Å². The van der Waals surface area contributed by atoms with Crippen LogP contribution < -0.4 is 10.9 Å². The van der Waals surface area contributed by atoms with Crippen LogP contribution in [0.5, 0.6) is 5.75 Å². The molecule has 0 aliphatic carbocycles. The van der Waals surface area contributed by atoms with E-state index in [-0.39, 0.29) is 17.4 Å². The largest absolute Gasteiger partial charge is 0.507 e. The molecule has 1 saturated heterocycles. The Morgan fingerprint density at radius 1 is 1.32 bits per heavy atom. The smallest absolute Gasteiger partial charge is 0.273 e. The summed E-state index contributed by atoms with van der Waals surface area (Å²) in [5.74, 6) is 0.143. The van der Waals surface area contributed by atoms with Crippen molar-refractivity contribution in [1.29, 1.82) is 0 Å². The van der Waals surface area contributed by atoms with Crippen molar-refractivity contribution in [3.8, 4) is 16.3 Å². The summed E-state index contributed by atoms with van der Waals surface area (Å²) < 4.78 is 3.98. The molecular formula is C19H20N6O2S. The van der Waals surface area contributed by atoms with E-state index in [1.165, 1.54) is 11.3 Å². The van der Waals surface area contributed by atoms with Crippen LogP contribution in [0.2, 0.25) is 0 Å². The van der Waals surface area contributed by atoms with Crippen LogP contribution in [0, 0.1) is 6.92 Å². The van der Waals surface area contributed by atoms with Gasteiger partial charge in [0.25, 0.3) is 5.56 Å². The Labute approximate surface area is 164 Å². The Balaban J connectivity index is 1.66. The van der Waals surface area contributed by atoms with Crippen LogP contribution >= 0.6 is 11.3 Å². The number of aromatic nitrogens is 5. The third-order valence-corrected chi connectivity index (χ3v) is 6.46. The lowest BCUT2D eigenvalue weighted by atomic mass is 10.1. The molecule has 0 atom stereocenters. The fourth-order valence-electron chi connectivity index (χ4n) is 3.89. The maximum atomic E-state index is 13.0. The van der Waals surface area contributed by atoms with Crippen LogP contribution in [-0.4, -0.2) is 42.5 Å². The number of aryl methyl sites for hydroxylation is 2. The van der Waals surface area contributed by atoms with Crippen molar-refractivity contribution in [3.05, 3.63) is 34.5 Å². The van der Waals surface area contributed by atoms with E-state index in [1.54, 1.807) is 15.6 Å². The standard InChI is InChI=1S/C19H20N6O2S/c1-10-14-11(8-24(2)23-14)7-13(15(10)26)18-22-17-16(28-18)19(27)25(9-21-17)12-3-5-20-6-4-12/h7-9,12,20,26H,3-6H2,1-2H3. The number of nitrogens with zero attached hydrogens (tertiary/aromatic N) is 5. The predicted octanol–water partition coefficient (Wildman–Crippen LogP) is 2.35. The Morgan fingerprint density at radius 3 is 2.89 bits per heavy atom. The van der Waals surface area contributed by atoms with E-state index >= 15 is 0 Å². The number of rotatable bonds is 2. The molecule has 0 spiro atoms. The second-order valence-electron chi connectivity index (χ2n) is 7.25. The van der Waals surface area contributed by atoms with Gasteiger partial charge in [-0.1, -0.05) is 0 Å². The van der Waals surface area contributed by atoms with Gasteiger partial charge in [-0.15, -0.1) is 11.3 Å². The molecule has 3 aromatic heterocycles. The molecule has 5 rings (SSSR count). The summed E-state index contributed by atoms with van der Waals surface area (Å²) in [6.45, 7) is 3.65. The van der Waals surface area contributed by atoms with Crippen LogP contribution in [-0.2, 0) is 7.05 Å². The minimum absolute atomic E-state index is 0.0562. The summed E-state index contributed by atoms with van der Waals surface area (Å²) in [5, 5.41) is 19.9. The van der Waals surface area contributed by atoms with Gasteiger partial charge >= 0.3 is 0 Å². The fraction of sp³-hybridized carbons (Fsp3) is 0.368. The van der Waals surface area contributed by atoms with E-state index in [1.807, 2.05) is 26.2 Å². The van der Waals surface area contributed by atoms with Gasteiger partial charge < -0.3 is 10.4 Å². The van der Waals surface area contributed by atoms with Gasteiger partial charge in [0.05, 0.1) is 11.1 Å². The minimum atomic E-state index is -0.0562. The first-order valence-corrected chi connectivity index (χ1v) is 10.1. The number of hydrogen-bond donors (Lipinski definition) is 2. The molecule has 0 amide bonds. The van der Waals surface area contributed by atoms with Gasteiger partial charge in [-0.2, -0.15) is 5.10 Å². The zero-order valence-electron chi connectivity index (χ0n) is 15.6. The second-order valence-corrected chi connectivity index (χ2v) is 8.25. The highest BCUT2D eigenvalue weighted by Gasteiger charge is 2.21. The summed E-state index contributed by atoms with van der Waals surface area (Å²) in [4.78, 5) is 22.0. The van der Waals surface area contributed by atoms with Crippen LogP contribution in [0.1, 0.15) is 24.4 Å². The number of hydrogen-bond acceptors (Lipinski definition) is 7. The molecule has 1 aromatic carbocycles. The molecule has 4 heterocycles. The maximum absolute atomic E-state index is 13.0. The van der Waals surface area contributed by atoms with Crippen molar-refractivity contribution in [2.45, 2.75) is 25.8 Å². The van der Waals surface area contributed by atoms with Crippen molar-refractivity contribution in [3.63, 3.8) is 0 Å². The third kappa shape index (κ3) is 2.61. The highest BCUT2D eigenvalue weighted by atomic mass is 32.1. The number of fused-ring (bicyclic) bond motifs is 2. The molecule has 0 bridgehead atoms. The molecular weight excluding hydrogens is 376 g/mol. The lowest BCUT2D eigenvalue weighted by molar-refractivity contribution is 0.359. The quantitative estimate of drug-likeness (QED) is 0.540. The molecule has 4 aromatic rings. The van der Waals surface area contributed by atoms with E-state index in [0.717, 1.165) is 36.8 Å². The van der Waals surface area contributed by atoms with Gasteiger partial charge in [-0.3, -0.25) is 14.0 Å². The molecule has 28 heavy (non-hydrogen) atoms. The molecule has 1 aliphatic heterocycles. The molecule has 2 N–H and O–H groups in total. The number of thiazole rings is 1. The van der Waals surface area contributed by atoms with Crippen molar-refractivity contribution < 1.29 is 5.11 Å². The van der Waals surface area contributed by atoms with Crippen LogP contribution in [0.3, 0.4) is 0 Å². The van der Waals surface area contributed by atoms with E-state index in [2.05, 4.69) is 20.4 Å². The Kier molecular flexibility index (Phi) is 3.95. The number of nitrogens with one attached hydrogen (secondary N) is 1. The summed E-state index contributed by atoms with van der Waals surface area (Å²) in [7, 11) is 1.85. The Bertz CT molecular complexity index is 1270. The average molecular weight is 396 g/mol. The summed E-state index contributed by atoms with van der Waals surface area (Å²) >= 11 is 1.28. The normalized spacial score (nSPS) is 15.6. The van der Waals surface area contributed by atoms with Gasteiger partial charge in [0.1, 0.15) is 21.8 Å². The maximum Gasteiger partial charge on any atom is 0.273 e. The van der Waals surface area contributed by atoms with E-state index in [0.29, 0.717) is 26.5 Å². The highest BCUT2D eigenvalue weighted by molar-refractivity contribution is 7.21. The first kappa shape index (κ1) is 17.3. The van der Waals surface area contributed by atoms with Crippen LogP contribution in [0.25, 0.3) is 31.8 Å². The zero-order valence-corrected chi connectivity index (χ0v) is 16.5. The van der Waals surface area contributed by atoms with E-state index in [4.69, 9.17) is 0 Å². The van der Waals surface area contributed by atoms with Crippen LogP contribution in [0.15, 0.2) is 23.4 Å². The number of aromatic hydroxyl groups is 1. The number of phenolic OH excluding ortho intramolecular Hbond substituents is 1. The van der Waals surface area contributed by atoms with Gasteiger partial charge in [0.15, 0.2) is 5.65 Å². The molecule has 0 unspecified atom stereocenters. The Morgan fingerprint density at radius 2 is 2.11 bits per heavy atom. The number of piperidine rings is 1. The van der Waals surface area contributed by atoms with Crippen molar-refractivity contribution >= 4 is 32.6 Å². The predicted molar refractivity (Wildman–Crippen MR) is 109 cm³/mol. The molecule has 9 heteroatoms. The average Bonchev–Trinajstić information content (AvgIpc) is 3.29. The monoisotopic (exact) mass is 396 g/mol. The second kappa shape index (κ2) is 6.39. The topological polar surface area (TPSA) is 97.9 Å². The first-order chi connectivity index (χ1) is 13.5. The molecule has 1 aliphatic rings. The van der Waals surface area contributed by atoms with Gasteiger partial charge in [-0.25, -0.2) is 9.97 Å². The molecule has 8 nitrogen and oxygen atoms in total. The lowest BCUT2D eigenvalue weighted by Crippen LogP contribution is -2.34. The molecule has 0 saturated carbocycles. The van der Waals surface area contributed by atoms with Gasteiger partial charge in [0, 0.05) is 30.2 Å². The molecule has 0 radical (unpaired) electrons. The molecule has 1 fully saturated rings. The van der Waals surface area contributed by atoms with Crippen molar-refractivity contribution in [1.82, 2.24) is 29.6 Å². The first-order valence-electron chi connectivity index (χ1n) is 9.27.